The molecule has 110 valence electrons. The molecule has 1 aliphatic rings. The Bertz CT molecular complexity index is 400. The standard InChI is InChI=1S/C13H24N4O.ClH/c1-9(14)10-5-6-17(7-10)8-11-15-12(16-18-11)13(2,3)4;/h9-10H,5-8,14H2,1-4H3;1H. The largest absolute Gasteiger partial charge is 0.338 e. The van der Waals surface area contributed by atoms with Gasteiger partial charge in [-0.3, -0.25) is 4.90 Å². The fraction of sp³-hybridized carbons (Fsp3) is 0.846. The molecule has 1 aromatic rings. The molecular formula is C13H25ClN4O. The van der Waals surface area contributed by atoms with E-state index in [9.17, 15) is 0 Å². The van der Waals surface area contributed by atoms with Gasteiger partial charge in [0.05, 0.1) is 6.54 Å². The zero-order valence-electron chi connectivity index (χ0n) is 12.2. The molecule has 5 nitrogen and oxygen atoms in total. The van der Waals surface area contributed by atoms with Gasteiger partial charge >= 0.3 is 0 Å². The zero-order valence-corrected chi connectivity index (χ0v) is 13.0. The molecule has 0 amide bonds. The first-order chi connectivity index (χ1) is 8.36. The molecule has 2 rings (SSSR count). The van der Waals surface area contributed by atoms with E-state index >= 15 is 0 Å². The first-order valence-electron chi connectivity index (χ1n) is 6.67. The second-order valence-corrected chi connectivity index (χ2v) is 6.40. The summed E-state index contributed by atoms with van der Waals surface area (Å²) in [6.45, 7) is 11.2. The number of halogens is 1. The highest BCUT2D eigenvalue weighted by molar-refractivity contribution is 5.85. The van der Waals surface area contributed by atoms with Crippen LogP contribution in [0.3, 0.4) is 0 Å². The number of hydrogen-bond donors (Lipinski definition) is 1. The van der Waals surface area contributed by atoms with E-state index in [2.05, 4.69) is 42.7 Å². The summed E-state index contributed by atoms with van der Waals surface area (Å²) in [5.41, 5.74) is 5.88. The predicted octanol–water partition coefficient (Wildman–Crippen LogP) is 1.96. The van der Waals surface area contributed by atoms with Gasteiger partial charge in [-0.05, 0) is 25.8 Å². The molecule has 1 fully saturated rings. The number of likely N-dealkylation sites (tertiary alicyclic amines) is 1. The fourth-order valence-electron chi connectivity index (χ4n) is 2.25. The van der Waals surface area contributed by atoms with E-state index in [-0.39, 0.29) is 23.9 Å². The van der Waals surface area contributed by atoms with Crippen LogP contribution >= 0.6 is 12.4 Å². The van der Waals surface area contributed by atoms with E-state index in [4.69, 9.17) is 10.3 Å². The maximum atomic E-state index is 5.94. The highest BCUT2D eigenvalue weighted by Gasteiger charge is 2.27. The van der Waals surface area contributed by atoms with Crippen LogP contribution in [0.15, 0.2) is 4.52 Å². The summed E-state index contributed by atoms with van der Waals surface area (Å²) in [6, 6.07) is 0.267. The molecule has 1 aromatic heterocycles. The lowest BCUT2D eigenvalue weighted by Gasteiger charge is -2.15. The molecule has 0 aliphatic carbocycles. The molecule has 19 heavy (non-hydrogen) atoms. The van der Waals surface area contributed by atoms with Crippen LogP contribution < -0.4 is 5.73 Å². The topological polar surface area (TPSA) is 68.2 Å². The number of rotatable bonds is 3. The zero-order chi connectivity index (χ0) is 13.3. The van der Waals surface area contributed by atoms with E-state index in [1.807, 2.05) is 0 Å². The van der Waals surface area contributed by atoms with Gasteiger partial charge in [0.2, 0.25) is 5.89 Å². The monoisotopic (exact) mass is 288 g/mol. The molecule has 0 bridgehead atoms. The van der Waals surface area contributed by atoms with Crippen LogP contribution in [0.4, 0.5) is 0 Å². The van der Waals surface area contributed by atoms with Gasteiger partial charge in [-0.2, -0.15) is 4.98 Å². The first kappa shape index (κ1) is 16.4. The molecule has 2 N–H and O–H groups in total. The van der Waals surface area contributed by atoms with E-state index in [0.29, 0.717) is 11.8 Å². The molecule has 0 spiro atoms. The van der Waals surface area contributed by atoms with Gasteiger partial charge in [0.25, 0.3) is 0 Å². The van der Waals surface area contributed by atoms with Crippen molar-refractivity contribution in [2.75, 3.05) is 13.1 Å². The van der Waals surface area contributed by atoms with Crippen molar-refractivity contribution in [2.24, 2.45) is 11.7 Å². The van der Waals surface area contributed by atoms with E-state index < -0.39 is 0 Å². The number of nitrogens with zero attached hydrogens (tertiary/aromatic N) is 3. The average Bonchev–Trinajstić information content (AvgIpc) is 2.85. The Morgan fingerprint density at radius 2 is 2.16 bits per heavy atom. The highest BCUT2D eigenvalue weighted by atomic mass is 35.5. The maximum Gasteiger partial charge on any atom is 0.240 e. The molecule has 0 aromatic carbocycles. The van der Waals surface area contributed by atoms with Crippen LogP contribution in [0.25, 0.3) is 0 Å². The van der Waals surface area contributed by atoms with Crippen molar-refractivity contribution in [3.05, 3.63) is 11.7 Å². The third-order valence-corrected chi connectivity index (χ3v) is 3.55. The summed E-state index contributed by atoms with van der Waals surface area (Å²) in [5.74, 6) is 2.08. The Labute approximate surface area is 121 Å². The van der Waals surface area contributed by atoms with E-state index in [1.54, 1.807) is 0 Å². The summed E-state index contributed by atoms with van der Waals surface area (Å²) in [5, 5.41) is 4.05. The molecule has 2 heterocycles. The quantitative estimate of drug-likeness (QED) is 0.921. The predicted molar refractivity (Wildman–Crippen MR) is 77.3 cm³/mol. The van der Waals surface area contributed by atoms with Crippen LogP contribution in [0, 0.1) is 5.92 Å². The fourth-order valence-corrected chi connectivity index (χ4v) is 2.25. The van der Waals surface area contributed by atoms with Crippen LogP contribution in [0.2, 0.25) is 0 Å². The van der Waals surface area contributed by atoms with Crippen molar-refractivity contribution in [3.8, 4) is 0 Å². The van der Waals surface area contributed by atoms with Gasteiger partial charge in [0.15, 0.2) is 5.82 Å². The number of aromatic nitrogens is 2. The lowest BCUT2D eigenvalue weighted by atomic mass is 9.96. The van der Waals surface area contributed by atoms with Gasteiger partial charge in [0.1, 0.15) is 0 Å². The molecule has 0 saturated carbocycles. The Balaban J connectivity index is 0.00000180. The highest BCUT2D eigenvalue weighted by Crippen LogP contribution is 2.22. The Kier molecular flexibility index (Phi) is 5.35. The minimum absolute atomic E-state index is 0. The minimum Gasteiger partial charge on any atom is -0.338 e. The normalized spacial score (nSPS) is 22.3. The third kappa shape index (κ3) is 4.16. The summed E-state index contributed by atoms with van der Waals surface area (Å²) < 4.78 is 5.31. The lowest BCUT2D eigenvalue weighted by molar-refractivity contribution is 0.255. The van der Waals surface area contributed by atoms with E-state index in [1.165, 1.54) is 0 Å². The second kappa shape index (κ2) is 6.20. The summed E-state index contributed by atoms with van der Waals surface area (Å²) in [4.78, 5) is 6.81. The van der Waals surface area contributed by atoms with Crippen molar-refractivity contribution in [3.63, 3.8) is 0 Å². The Morgan fingerprint density at radius 1 is 1.47 bits per heavy atom. The minimum atomic E-state index is -0.0545. The summed E-state index contributed by atoms with van der Waals surface area (Å²) in [6.07, 6.45) is 1.16. The molecule has 0 radical (unpaired) electrons. The SMILES string of the molecule is CC(N)C1CCN(Cc2nc(C(C)(C)C)no2)C1.Cl. The molecule has 1 aliphatic heterocycles. The second-order valence-electron chi connectivity index (χ2n) is 6.40. The van der Waals surface area contributed by atoms with Crippen molar-refractivity contribution in [1.82, 2.24) is 15.0 Å². The van der Waals surface area contributed by atoms with E-state index in [0.717, 1.165) is 31.9 Å². The third-order valence-electron chi connectivity index (χ3n) is 3.55. The molecule has 2 atom stereocenters. The number of nitrogens with two attached hydrogens (primary N) is 1. The summed E-state index contributed by atoms with van der Waals surface area (Å²) >= 11 is 0. The van der Waals surface area contributed by atoms with Gasteiger partial charge in [0, 0.05) is 18.0 Å². The first-order valence-corrected chi connectivity index (χ1v) is 6.67. The van der Waals surface area contributed by atoms with Crippen LogP contribution in [-0.2, 0) is 12.0 Å². The van der Waals surface area contributed by atoms with Crippen molar-refractivity contribution in [1.29, 1.82) is 0 Å². The van der Waals surface area contributed by atoms with Gasteiger partial charge in [-0.25, -0.2) is 0 Å². The maximum absolute atomic E-state index is 5.94. The molecule has 6 heteroatoms. The average molecular weight is 289 g/mol. The van der Waals surface area contributed by atoms with Crippen LogP contribution in [-0.4, -0.2) is 34.2 Å². The summed E-state index contributed by atoms with van der Waals surface area (Å²) in [7, 11) is 0. The number of hydrogen-bond acceptors (Lipinski definition) is 5. The molecular weight excluding hydrogens is 264 g/mol. The van der Waals surface area contributed by atoms with Crippen LogP contribution in [0.1, 0.15) is 45.8 Å². The Morgan fingerprint density at radius 3 is 2.63 bits per heavy atom. The molecule has 1 saturated heterocycles. The molecule has 2 unspecified atom stereocenters. The van der Waals surface area contributed by atoms with Gasteiger partial charge in [-0.1, -0.05) is 25.9 Å². The van der Waals surface area contributed by atoms with Crippen molar-refractivity contribution < 1.29 is 4.52 Å². The van der Waals surface area contributed by atoms with Crippen molar-refractivity contribution >= 4 is 12.4 Å². The van der Waals surface area contributed by atoms with Crippen LogP contribution in [0.5, 0.6) is 0 Å². The van der Waals surface area contributed by atoms with Gasteiger partial charge < -0.3 is 10.3 Å². The smallest absolute Gasteiger partial charge is 0.240 e. The van der Waals surface area contributed by atoms with Gasteiger partial charge in [-0.15, -0.1) is 12.4 Å². The lowest BCUT2D eigenvalue weighted by Crippen LogP contribution is -2.29. The Hall–Kier alpha value is -0.650. The van der Waals surface area contributed by atoms with Crippen molar-refractivity contribution in [2.45, 2.75) is 52.1 Å².